The average Bonchev–Trinajstić information content (AvgIpc) is 1.95. The number of rotatable bonds is 2. The molecule has 0 saturated heterocycles. The lowest BCUT2D eigenvalue weighted by molar-refractivity contribution is 1.25. The van der Waals surface area contributed by atoms with Crippen LogP contribution in [0.25, 0.3) is 0 Å². The molecule has 4 heteroatoms. The molecule has 1 aromatic heterocycles. The maximum Gasteiger partial charge on any atom is 0.134 e. The van der Waals surface area contributed by atoms with Gasteiger partial charge < -0.3 is 0 Å². The van der Waals surface area contributed by atoms with Crippen molar-refractivity contribution in [3.8, 4) is 0 Å². The third-order valence-corrected chi connectivity index (χ3v) is 2.33. The van der Waals surface area contributed by atoms with Crippen molar-refractivity contribution >= 4 is 35.0 Å². The number of hydrogen-bond donors (Lipinski definition) is 0. The zero-order chi connectivity index (χ0) is 8.27. The summed E-state index contributed by atoms with van der Waals surface area (Å²) in [7, 11) is 0. The zero-order valence-electron chi connectivity index (χ0n) is 5.97. The van der Waals surface area contributed by atoms with Gasteiger partial charge in [-0.3, -0.25) is 0 Å². The van der Waals surface area contributed by atoms with E-state index in [2.05, 4.69) is 4.98 Å². The van der Waals surface area contributed by atoms with Gasteiger partial charge in [-0.15, -0.1) is 0 Å². The molecular formula is C7H7Cl2NS. The molecule has 0 aromatic carbocycles. The smallest absolute Gasteiger partial charge is 0.134 e. The largest absolute Gasteiger partial charge is 0.224 e. The van der Waals surface area contributed by atoms with Gasteiger partial charge in [0.15, 0.2) is 0 Å². The summed E-state index contributed by atoms with van der Waals surface area (Å²) < 4.78 is 0. The third kappa shape index (κ3) is 2.55. The van der Waals surface area contributed by atoms with Gasteiger partial charge in [0, 0.05) is 5.75 Å². The summed E-state index contributed by atoms with van der Waals surface area (Å²) in [5.41, 5.74) is 1.03. The third-order valence-electron chi connectivity index (χ3n) is 1.19. The standard InChI is InChI=1S/C7H7Cl2NS/c1-11-4-5-2-3-6(8)10-7(5)9/h2-3H,4H2,1H3. The van der Waals surface area contributed by atoms with Crippen LogP contribution >= 0.6 is 35.0 Å². The Morgan fingerprint density at radius 2 is 2.18 bits per heavy atom. The molecule has 0 aliphatic rings. The molecule has 1 aromatic rings. The second-order valence-corrected chi connectivity index (χ2v) is 3.63. The lowest BCUT2D eigenvalue weighted by Gasteiger charge is -1.99. The van der Waals surface area contributed by atoms with Crippen molar-refractivity contribution in [3.63, 3.8) is 0 Å². The van der Waals surface area contributed by atoms with Crippen molar-refractivity contribution < 1.29 is 0 Å². The van der Waals surface area contributed by atoms with E-state index in [1.807, 2.05) is 12.3 Å². The van der Waals surface area contributed by atoms with Crippen LogP contribution in [-0.2, 0) is 5.75 Å². The monoisotopic (exact) mass is 207 g/mol. The van der Waals surface area contributed by atoms with Crippen molar-refractivity contribution in [3.05, 3.63) is 28.0 Å². The number of nitrogens with zero attached hydrogens (tertiary/aromatic N) is 1. The van der Waals surface area contributed by atoms with Crippen LogP contribution in [0.2, 0.25) is 10.3 Å². The van der Waals surface area contributed by atoms with Crippen LogP contribution < -0.4 is 0 Å². The molecule has 11 heavy (non-hydrogen) atoms. The molecule has 0 saturated carbocycles. The summed E-state index contributed by atoms with van der Waals surface area (Å²) in [6, 6.07) is 3.65. The summed E-state index contributed by atoms with van der Waals surface area (Å²) in [5, 5.41) is 0.951. The molecule has 0 spiro atoms. The van der Waals surface area contributed by atoms with E-state index in [0.29, 0.717) is 10.3 Å². The predicted octanol–water partition coefficient (Wildman–Crippen LogP) is 3.25. The first-order valence-corrected chi connectivity index (χ1v) is 5.19. The minimum absolute atomic E-state index is 0.444. The van der Waals surface area contributed by atoms with E-state index in [4.69, 9.17) is 23.2 Å². The van der Waals surface area contributed by atoms with Crippen LogP contribution in [0.3, 0.4) is 0 Å². The molecule has 0 atom stereocenters. The predicted molar refractivity (Wildman–Crippen MR) is 51.5 cm³/mol. The lowest BCUT2D eigenvalue weighted by atomic mass is 10.3. The van der Waals surface area contributed by atoms with Gasteiger partial charge in [0.1, 0.15) is 10.3 Å². The highest BCUT2D eigenvalue weighted by Gasteiger charge is 2.00. The molecule has 0 unspecified atom stereocenters. The summed E-state index contributed by atoms with van der Waals surface area (Å²) >= 11 is 13.1. The Balaban J connectivity index is 2.90. The maximum absolute atomic E-state index is 5.80. The van der Waals surface area contributed by atoms with Crippen LogP contribution in [0.4, 0.5) is 0 Å². The van der Waals surface area contributed by atoms with Crippen molar-refractivity contribution in [2.75, 3.05) is 6.26 Å². The fourth-order valence-electron chi connectivity index (χ4n) is 0.704. The Hall–Kier alpha value is 0.0800. The van der Waals surface area contributed by atoms with Crippen molar-refractivity contribution in [1.29, 1.82) is 0 Å². The van der Waals surface area contributed by atoms with Crippen LogP contribution in [0.1, 0.15) is 5.56 Å². The molecule has 60 valence electrons. The van der Waals surface area contributed by atoms with E-state index in [1.54, 1.807) is 17.8 Å². The quantitative estimate of drug-likeness (QED) is 0.692. The van der Waals surface area contributed by atoms with Crippen molar-refractivity contribution in [2.24, 2.45) is 0 Å². The van der Waals surface area contributed by atoms with Crippen LogP contribution in [0, 0.1) is 0 Å². The van der Waals surface area contributed by atoms with E-state index in [9.17, 15) is 0 Å². The van der Waals surface area contributed by atoms with Crippen LogP contribution in [0.5, 0.6) is 0 Å². The van der Waals surface area contributed by atoms with Crippen molar-refractivity contribution in [2.45, 2.75) is 5.75 Å². The molecule has 1 rings (SSSR count). The zero-order valence-corrected chi connectivity index (χ0v) is 8.30. The van der Waals surface area contributed by atoms with Crippen LogP contribution in [-0.4, -0.2) is 11.2 Å². The number of aromatic nitrogens is 1. The minimum Gasteiger partial charge on any atom is -0.224 e. The molecular weight excluding hydrogens is 201 g/mol. The van der Waals surface area contributed by atoms with E-state index in [1.165, 1.54) is 0 Å². The normalized spacial score (nSPS) is 10.1. The number of halogens is 2. The fraction of sp³-hybridized carbons (Fsp3) is 0.286. The van der Waals surface area contributed by atoms with E-state index in [-0.39, 0.29) is 0 Å². The molecule has 0 aliphatic heterocycles. The Labute approximate surface area is 80.1 Å². The minimum atomic E-state index is 0.444. The molecule has 0 fully saturated rings. The highest BCUT2D eigenvalue weighted by Crippen LogP contribution is 2.19. The van der Waals surface area contributed by atoms with Gasteiger partial charge in [-0.2, -0.15) is 11.8 Å². The summed E-state index contributed by atoms with van der Waals surface area (Å²) in [6.07, 6.45) is 2.02. The second-order valence-electron chi connectivity index (χ2n) is 2.02. The SMILES string of the molecule is CSCc1ccc(Cl)nc1Cl. The van der Waals surface area contributed by atoms with E-state index in [0.717, 1.165) is 11.3 Å². The topological polar surface area (TPSA) is 12.9 Å². The van der Waals surface area contributed by atoms with Gasteiger partial charge in [-0.1, -0.05) is 29.3 Å². The van der Waals surface area contributed by atoms with E-state index < -0.39 is 0 Å². The Kier molecular flexibility index (Phi) is 3.49. The summed E-state index contributed by atoms with van der Waals surface area (Å²) in [4.78, 5) is 3.91. The fourth-order valence-corrected chi connectivity index (χ4v) is 1.74. The first-order valence-electron chi connectivity index (χ1n) is 3.04. The van der Waals surface area contributed by atoms with Gasteiger partial charge in [0.25, 0.3) is 0 Å². The first-order chi connectivity index (χ1) is 5.24. The molecule has 1 heterocycles. The second kappa shape index (κ2) is 4.19. The highest BCUT2D eigenvalue weighted by molar-refractivity contribution is 7.97. The number of pyridine rings is 1. The van der Waals surface area contributed by atoms with Crippen molar-refractivity contribution in [1.82, 2.24) is 4.98 Å². The highest BCUT2D eigenvalue weighted by atomic mass is 35.5. The Morgan fingerprint density at radius 3 is 2.73 bits per heavy atom. The van der Waals surface area contributed by atoms with Gasteiger partial charge in [-0.25, -0.2) is 4.98 Å². The molecule has 0 amide bonds. The number of hydrogen-bond acceptors (Lipinski definition) is 2. The molecule has 0 radical (unpaired) electrons. The Bertz CT molecular complexity index is 252. The average molecular weight is 208 g/mol. The molecule has 0 bridgehead atoms. The summed E-state index contributed by atoms with van der Waals surface area (Å²) in [5.74, 6) is 0.878. The molecule has 0 aliphatic carbocycles. The number of thioether (sulfide) groups is 1. The van der Waals surface area contributed by atoms with E-state index >= 15 is 0 Å². The van der Waals surface area contributed by atoms with Gasteiger partial charge >= 0.3 is 0 Å². The molecule has 1 nitrogen and oxygen atoms in total. The van der Waals surface area contributed by atoms with Gasteiger partial charge in [-0.05, 0) is 17.9 Å². The van der Waals surface area contributed by atoms with Gasteiger partial charge in [0.05, 0.1) is 0 Å². The molecule has 0 N–H and O–H groups in total. The van der Waals surface area contributed by atoms with Gasteiger partial charge in [0.2, 0.25) is 0 Å². The lowest BCUT2D eigenvalue weighted by Crippen LogP contribution is -1.85. The summed E-state index contributed by atoms with van der Waals surface area (Å²) in [6.45, 7) is 0. The van der Waals surface area contributed by atoms with Crippen LogP contribution in [0.15, 0.2) is 12.1 Å². The maximum atomic E-state index is 5.80. The Morgan fingerprint density at radius 1 is 1.45 bits per heavy atom. The first kappa shape index (κ1) is 9.17.